The van der Waals surface area contributed by atoms with E-state index in [0.717, 1.165) is 10.5 Å². The first kappa shape index (κ1) is 14.3. The molecule has 5 nitrogen and oxygen atoms in total. The van der Waals surface area contributed by atoms with Gasteiger partial charge in [-0.3, -0.25) is 10.1 Å². The van der Waals surface area contributed by atoms with E-state index >= 15 is 0 Å². The van der Waals surface area contributed by atoms with Crippen LogP contribution in [0.2, 0.25) is 0 Å². The molecule has 0 radical (unpaired) electrons. The van der Waals surface area contributed by atoms with Crippen LogP contribution in [0.4, 0.5) is 20.2 Å². The Morgan fingerprint density at radius 3 is 2.67 bits per heavy atom. The number of hydrogen-bond donors (Lipinski definition) is 1. The van der Waals surface area contributed by atoms with E-state index in [-0.39, 0.29) is 24.5 Å². The molecule has 1 N–H and O–H groups in total. The van der Waals surface area contributed by atoms with Gasteiger partial charge in [0.15, 0.2) is 0 Å². The van der Waals surface area contributed by atoms with Crippen molar-refractivity contribution in [1.29, 1.82) is 0 Å². The summed E-state index contributed by atoms with van der Waals surface area (Å²) in [5, 5.41) is 19.7. The second-order valence-corrected chi connectivity index (χ2v) is 3.81. The Morgan fingerprint density at radius 2 is 2.17 bits per heavy atom. The zero-order valence-electron chi connectivity index (χ0n) is 9.84. The molecule has 1 rings (SSSR count). The van der Waals surface area contributed by atoms with Gasteiger partial charge in [0.2, 0.25) is 0 Å². The van der Waals surface area contributed by atoms with Gasteiger partial charge in [0.1, 0.15) is 5.69 Å². The maximum absolute atomic E-state index is 12.4. The number of anilines is 1. The van der Waals surface area contributed by atoms with E-state index in [0.29, 0.717) is 0 Å². The van der Waals surface area contributed by atoms with Crippen LogP contribution in [0.1, 0.15) is 5.56 Å². The maximum atomic E-state index is 12.4. The molecule has 0 heterocycles. The molecule has 0 fully saturated rings. The zero-order valence-corrected chi connectivity index (χ0v) is 9.84. The van der Waals surface area contributed by atoms with Gasteiger partial charge < -0.3 is 10.0 Å². The highest BCUT2D eigenvalue weighted by Gasteiger charge is 2.21. The van der Waals surface area contributed by atoms with Gasteiger partial charge in [-0.1, -0.05) is 6.07 Å². The Kier molecular flexibility index (Phi) is 4.96. The fourth-order valence-corrected chi connectivity index (χ4v) is 1.64. The van der Waals surface area contributed by atoms with Crippen molar-refractivity contribution in [3.05, 3.63) is 33.9 Å². The Bertz CT molecular complexity index is 427. The monoisotopic (exact) mass is 260 g/mol. The molecular formula is C11H14F2N2O3. The largest absolute Gasteiger partial charge is 0.395 e. The lowest BCUT2D eigenvalue weighted by Crippen LogP contribution is -2.32. The lowest BCUT2D eigenvalue weighted by atomic mass is 10.1. The highest BCUT2D eigenvalue weighted by molar-refractivity contribution is 5.64. The molecule has 7 heteroatoms. The SMILES string of the molecule is Cc1ccc([N+](=O)[O-])c(N(CCO)CC(F)F)c1. The van der Waals surface area contributed by atoms with E-state index in [1.54, 1.807) is 13.0 Å². The summed E-state index contributed by atoms with van der Waals surface area (Å²) in [6.45, 7) is 0.643. The summed E-state index contributed by atoms with van der Waals surface area (Å²) >= 11 is 0. The highest BCUT2D eigenvalue weighted by Crippen LogP contribution is 2.29. The first-order valence-electron chi connectivity index (χ1n) is 5.34. The number of nitro groups is 1. The second-order valence-electron chi connectivity index (χ2n) is 3.81. The van der Waals surface area contributed by atoms with Gasteiger partial charge in [0.25, 0.3) is 12.1 Å². The smallest absolute Gasteiger partial charge is 0.292 e. The van der Waals surface area contributed by atoms with Gasteiger partial charge in [0, 0.05) is 12.6 Å². The van der Waals surface area contributed by atoms with E-state index in [4.69, 9.17) is 5.11 Å². The standard InChI is InChI=1S/C11H14F2N2O3/c1-8-2-3-9(15(17)18)10(6-8)14(4-5-16)7-11(12)13/h2-3,6,11,16H,4-5,7H2,1H3. The van der Waals surface area contributed by atoms with Gasteiger partial charge in [0.05, 0.1) is 18.1 Å². The molecule has 100 valence electrons. The quantitative estimate of drug-likeness (QED) is 0.627. The van der Waals surface area contributed by atoms with Gasteiger partial charge in [-0.2, -0.15) is 0 Å². The summed E-state index contributed by atoms with van der Waals surface area (Å²) in [6, 6.07) is 4.29. The molecule has 0 aliphatic heterocycles. The molecule has 0 aliphatic carbocycles. The number of nitro benzene ring substituents is 1. The van der Waals surface area contributed by atoms with E-state index < -0.39 is 17.9 Å². The molecule has 1 aromatic rings. The summed E-state index contributed by atoms with van der Waals surface area (Å²) in [7, 11) is 0. The number of aliphatic hydroxyl groups excluding tert-OH is 1. The van der Waals surface area contributed by atoms with Crippen molar-refractivity contribution in [2.45, 2.75) is 13.3 Å². The minimum absolute atomic E-state index is 0.0748. The summed E-state index contributed by atoms with van der Waals surface area (Å²) in [4.78, 5) is 11.4. The topological polar surface area (TPSA) is 66.6 Å². The number of rotatable bonds is 6. The normalized spacial score (nSPS) is 10.7. The van der Waals surface area contributed by atoms with Crippen molar-refractivity contribution in [2.75, 3.05) is 24.6 Å². The average Bonchev–Trinajstić information content (AvgIpc) is 2.27. The van der Waals surface area contributed by atoms with Crippen LogP contribution in [0, 0.1) is 17.0 Å². The molecule has 0 aliphatic rings. The lowest BCUT2D eigenvalue weighted by Gasteiger charge is -2.23. The number of hydrogen-bond acceptors (Lipinski definition) is 4. The fourth-order valence-electron chi connectivity index (χ4n) is 1.64. The number of aliphatic hydroxyl groups is 1. The number of aryl methyl sites for hydroxylation is 1. The maximum Gasteiger partial charge on any atom is 0.292 e. The summed E-state index contributed by atoms with van der Waals surface area (Å²) in [5.41, 5.74) is 0.594. The van der Waals surface area contributed by atoms with Crippen molar-refractivity contribution in [3.8, 4) is 0 Å². The third-order valence-electron chi connectivity index (χ3n) is 2.40. The van der Waals surface area contributed by atoms with Crippen molar-refractivity contribution in [2.24, 2.45) is 0 Å². The molecule has 1 aromatic carbocycles. The van der Waals surface area contributed by atoms with Crippen LogP contribution in [0.15, 0.2) is 18.2 Å². The number of nitrogens with zero attached hydrogens (tertiary/aromatic N) is 2. The molecule has 0 spiro atoms. The van der Waals surface area contributed by atoms with Crippen LogP contribution < -0.4 is 4.90 Å². The van der Waals surface area contributed by atoms with Crippen molar-refractivity contribution in [3.63, 3.8) is 0 Å². The first-order chi connectivity index (χ1) is 8.45. The fraction of sp³-hybridized carbons (Fsp3) is 0.455. The molecule has 0 saturated heterocycles. The third-order valence-corrected chi connectivity index (χ3v) is 2.40. The molecule has 0 aromatic heterocycles. The second kappa shape index (κ2) is 6.25. The van der Waals surface area contributed by atoms with Crippen LogP contribution in [0.3, 0.4) is 0 Å². The average molecular weight is 260 g/mol. The van der Waals surface area contributed by atoms with Crippen LogP contribution in [-0.2, 0) is 0 Å². The Balaban J connectivity index is 3.15. The Morgan fingerprint density at radius 1 is 1.50 bits per heavy atom. The van der Waals surface area contributed by atoms with Gasteiger partial charge in [-0.15, -0.1) is 0 Å². The molecule has 0 unspecified atom stereocenters. The van der Waals surface area contributed by atoms with E-state index in [9.17, 15) is 18.9 Å². The Hall–Kier alpha value is -1.76. The zero-order chi connectivity index (χ0) is 13.7. The van der Waals surface area contributed by atoms with E-state index in [2.05, 4.69) is 0 Å². The Labute approximate surface area is 103 Å². The lowest BCUT2D eigenvalue weighted by molar-refractivity contribution is -0.384. The minimum atomic E-state index is -2.63. The van der Waals surface area contributed by atoms with E-state index in [1.165, 1.54) is 12.1 Å². The summed E-state index contributed by atoms with van der Waals surface area (Å²) in [6.07, 6.45) is -2.63. The third kappa shape index (κ3) is 3.63. The number of halogens is 2. The van der Waals surface area contributed by atoms with Crippen LogP contribution in [0.25, 0.3) is 0 Å². The van der Waals surface area contributed by atoms with E-state index in [1.807, 2.05) is 0 Å². The molecule has 0 saturated carbocycles. The van der Waals surface area contributed by atoms with Crippen LogP contribution in [0.5, 0.6) is 0 Å². The van der Waals surface area contributed by atoms with Gasteiger partial charge >= 0.3 is 0 Å². The summed E-state index contributed by atoms with van der Waals surface area (Å²) < 4.78 is 24.9. The molecule has 18 heavy (non-hydrogen) atoms. The predicted octanol–water partition coefficient (Wildman–Crippen LogP) is 1.97. The van der Waals surface area contributed by atoms with Crippen LogP contribution >= 0.6 is 0 Å². The molecule has 0 bridgehead atoms. The van der Waals surface area contributed by atoms with Crippen molar-refractivity contribution in [1.82, 2.24) is 0 Å². The first-order valence-corrected chi connectivity index (χ1v) is 5.34. The van der Waals surface area contributed by atoms with Crippen molar-refractivity contribution >= 4 is 11.4 Å². The molecule has 0 amide bonds. The predicted molar refractivity (Wildman–Crippen MR) is 63.1 cm³/mol. The number of alkyl halides is 2. The van der Waals surface area contributed by atoms with Gasteiger partial charge in [-0.25, -0.2) is 8.78 Å². The minimum Gasteiger partial charge on any atom is -0.395 e. The molecular weight excluding hydrogens is 246 g/mol. The summed E-state index contributed by atoms with van der Waals surface area (Å²) in [5.74, 6) is 0. The van der Waals surface area contributed by atoms with Crippen molar-refractivity contribution < 1.29 is 18.8 Å². The van der Waals surface area contributed by atoms with Gasteiger partial charge in [-0.05, 0) is 18.6 Å². The highest BCUT2D eigenvalue weighted by atomic mass is 19.3. The number of benzene rings is 1. The van der Waals surface area contributed by atoms with Crippen LogP contribution in [-0.4, -0.2) is 36.2 Å². The molecule has 0 atom stereocenters.